The van der Waals surface area contributed by atoms with Crippen molar-refractivity contribution in [2.45, 2.75) is 13.3 Å². The highest BCUT2D eigenvalue weighted by molar-refractivity contribution is 6.09. The normalized spacial score (nSPS) is 10.2. The molecule has 2 N–H and O–H groups in total. The van der Waals surface area contributed by atoms with Crippen LogP contribution in [0.5, 0.6) is 5.75 Å². The largest absolute Gasteiger partial charge is 0.508 e. The summed E-state index contributed by atoms with van der Waals surface area (Å²) < 4.78 is 0. The molecule has 0 aliphatic carbocycles. The van der Waals surface area contributed by atoms with Gasteiger partial charge in [0.2, 0.25) is 0 Å². The summed E-state index contributed by atoms with van der Waals surface area (Å²) in [4.78, 5) is 14.2. The van der Waals surface area contributed by atoms with E-state index in [1.807, 2.05) is 18.2 Å². The van der Waals surface area contributed by atoms with E-state index in [1.165, 1.54) is 4.90 Å². The number of carbonyl (C=O) groups excluding carboxylic acids is 1. The highest BCUT2D eigenvalue weighted by atomic mass is 16.3. The molecule has 21 heavy (non-hydrogen) atoms. The zero-order chi connectivity index (χ0) is 15.2. The van der Waals surface area contributed by atoms with Crippen molar-refractivity contribution >= 4 is 17.3 Å². The van der Waals surface area contributed by atoms with Gasteiger partial charge >= 0.3 is 0 Å². The second kappa shape index (κ2) is 6.79. The van der Waals surface area contributed by atoms with Gasteiger partial charge in [-0.15, -0.1) is 0 Å². The number of nitrogens with zero attached hydrogens (tertiary/aromatic N) is 1. The summed E-state index contributed by atoms with van der Waals surface area (Å²) in [5.41, 5.74) is 2.11. The highest BCUT2D eigenvalue weighted by Gasteiger charge is 2.16. The number of hydrogen-bond donors (Lipinski definition) is 2. The first-order chi connectivity index (χ1) is 10.1. The van der Waals surface area contributed by atoms with Gasteiger partial charge in [0.05, 0.1) is 5.56 Å². The van der Waals surface area contributed by atoms with Crippen molar-refractivity contribution in [2.24, 2.45) is 0 Å². The fraction of sp³-hybridized carbons (Fsp3) is 0.235. The molecule has 0 bridgehead atoms. The van der Waals surface area contributed by atoms with Gasteiger partial charge in [0.25, 0.3) is 5.91 Å². The van der Waals surface area contributed by atoms with Crippen molar-refractivity contribution in [3.8, 4) is 5.75 Å². The number of amides is 1. The zero-order valence-corrected chi connectivity index (χ0v) is 12.3. The van der Waals surface area contributed by atoms with Crippen LogP contribution >= 0.6 is 0 Å². The van der Waals surface area contributed by atoms with E-state index < -0.39 is 0 Å². The van der Waals surface area contributed by atoms with E-state index in [2.05, 4.69) is 12.2 Å². The second-order valence-electron chi connectivity index (χ2n) is 4.86. The molecular formula is C17H20N2O2. The number of aromatic hydroxyl groups is 1. The molecule has 110 valence electrons. The molecule has 0 aliphatic rings. The molecule has 0 fully saturated rings. The molecule has 2 rings (SSSR count). The number of nitrogens with one attached hydrogen (secondary N) is 1. The standard InChI is InChI=1S/C17H20N2O2/c1-3-11-18-16-10-5-4-9-15(16)17(21)19(2)13-7-6-8-14(20)12-13/h4-10,12,18,20H,3,11H2,1-2H3. The Morgan fingerprint density at radius 3 is 2.67 bits per heavy atom. The molecular weight excluding hydrogens is 264 g/mol. The van der Waals surface area contributed by atoms with Crippen molar-refractivity contribution in [3.63, 3.8) is 0 Å². The number of hydrogen-bond acceptors (Lipinski definition) is 3. The molecule has 0 saturated heterocycles. The van der Waals surface area contributed by atoms with Gasteiger partial charge in [-0.05, 0) is 30.7 Å². The Morgan fingerprint density at radius 2 is 1.95 bits per heavy atom. The Morgan fingerprint density at radius 1 is 1.19 bits per heavy atom. The predicted molar refractivity (Wildman–Crippen MR) is 86.1 cm³/mol. The summed E-state index contributed by atoms with van der Waals surface area (Å²) in [7, 11) is 1.70. The maximum absolute atomic E-state index is 12.6. The minimum Gasteiger partial charge on any atom is -0.508 e. The molecule has 0 radical (unpaired) electrons. The Labute approximate surface area is 125 Å². The van der Waals surface area contributed by atoms with Crippen LogP contribution in [-0.2, 0) is 0 Å². The minimum absolute atomic E-state index is 0.111. The molecule has 0 heterocycles. The van der Waals surface area contributed by atoms with E-state index in [4.69, 9.17) is 0 Å². The Balaban J connectivity index is 2.27. The molecule has 2 aromatic rings. The van der Waals surface area contributed by atoms with Crippen LogP contribution < -0.4 is 10.2 Å². The van der Waals surface area contributed by atoms with Crippen molar-refractivity contribution in [1.29, 1.82) is 0 Å². The summed E-state index contributed by atoms with van der Waals surface area (Å²) in [6.07, 6.45) is 0.991. The van der Waals surface area contributed by atoms with Gasteiger partial charge in [-0.25, -0.2) is 0 Å². The molecule has 0 spiro atoms. The van der Waals surface area contributed by atoms with Gasteiger partial charge < -0.3 is 15.3 Å². The first kappa shape index (κ1) is 14.9. The summed E-state index contributed by atoms with van der Waals surface area (Å²) in [6.45, 7) is 2.90. The van der Waals surface area contributed by atoms with Crippen LogP contribution in [0, 0.1) is 0 Å². The second-order valence-corrected chi connectivity index (χ2v) is 4.86. The molecule has 4 heteroatoms. The lowest BCUT2D eigenvalue weighted by atomic mass is 10.1. The fourth-order valence-corrected chi connectivity index (χ4v) is 2.08. The van der Waals surface area contributed by atoms with Gasteiger partial charge in [0.1, 0.15) is 5.75 Å². The van der Waals surface area contributed by atoms with Crippen LogP contribution in [-0.4, -0.2) is 24.6 Å². The lowest BCUT2D eigenvalue weighted by Crippen LogP contribution is -2.27. The third kappa shape index (κ3) is 3.54. The van der Waals surface area contributed by atoms with Crippen LogP contribution in [0.2, 0.25) is 0 Å². The molecule has 0 atom stereocenters. The number of para-hydroxylation sites is 1. The molecule has 0 saturated carbocycles. The van der Waals surface area contributed by atoms with Crippen LogP contribution in [0.4, 0.5) is 11.4 Å². The summed E-state index contributed by atoms with van der Waals surface area (Å²) >= 11 is 0. The number of phenolic OH excluding ortho intramolecular Hbond substituents is 1. The minimum atomic E-state index is -0.111. The van der Waals surface area contributed by atoms with Crippen molar-refractivity contribution in [3.05, 3.63) is 54.1 Å². The summed E-state index contributed by atoms with van der Waals surface area (Å²) in [5, 5.41) is 12.8. The van der Waals surface area contributed by atoms with E-state index in [-0.39, 0.29) is 11.7 Å². The quantitative estimate of drug-likeness (QED) is 0.883. The van der Waals surface area contributed by atoms with Crippen LogP contribution in [0.3, 0.4) is 0 Å². The zero-order valence-electron chi connectivity index (χ0n) is 12.3. The molecule has 0 unspecified atom stereocenters. The molecule has 4 nitrogen and oxygen atoms in total. The third-order valence-corrected chi connectivity index (χ3v) is 3.24. The number of benzene rings is 2. The maximum atomic E-state index is 12.6. The number of phenols is 1. The number of carbonyl (C=O) groups is 1. The van der Waals surface area contributed by atoms with Crippen molar-refractivity contribution < 1.29 is 9.90 Å². The van der Waals surface area contributed by atoms with E-state index in [9.17, 15) is 9.90 Å². The first-order valence-electron chi connectivity index (χ1n) is 7.03. The van der Waals surface area contributed by atoms with Crippen molar-refractivity contribution in [1.82, 2.24) is 0 Å². The molecule has 1 amide bonds. The maximum Gasteiger partial charge on any atom is 0.260 e. The lowest BCUT2D eigenvalue weighted by molar-refractivity contribution is 0.0994. The Hall–Kier alpha value is -2.49. The average Bonchev–Trinajstić information content (AvgIpc) is 2.51. The number of anilines is 2. The Kier molecular flexibility index (Phi) is 4.82. The molecule has 0 aliphatic heterocycles. The topological polar surface area (TPSA) is 52.6 Å². The van der Waals surface area contributed by atoms with E-state index in [0.29, 0.717) is 11.3 Å². The average molecular weight is 284 g/mol. The summed E-state index contributed by atoms with van der Waals surface area (Å²) in [5.74, 6) is 0.0318. The SMILES string of the molecule is CCCNc1ccccc1C(=O)N(C)c1cccc(O)c1. The van der Waals surface area contributed by atoms with Gasteiger partial charge in [-0.3, -0.25) is 4.79 Å². The monoisotopic (exact) mass is 284 g/mol. The lowest BCUT2D eigenvalue weighted by Gasteiger charge is -2.19. The predicted octanol–water partition coefficient (Wildman–Crippen LogP) is 3.49. The van der Waals surface area contributed by atoms with Gasteiger partial charge in [0.15, 0.2) is 0 Å². The van der Waals surface area contributed by atoms with Gasteiger partial charge in [-0.1, -0.05) is 25.1 Å². The third-order valence-electron chi connectivity index (χ3n) is 3.24. The Bertz CT molecular complexity index is 626. The smallest absolute Gasteiger partial charge is 0.260 e. The van der Waals surface area contributed by atoms with Crippen LogP contribution in [0.1, 0.15) is 23.7 Å². The van der Waals surface area contributed by atoms with Crippen molar-refractivity contribution in [2.75, 3.05) is 23.8 Å². The molecule has 0 aromatic heterocycles. The van der Waals surface area contributed by atoms with Gasteiger partial charge in [-0.2, -0.15) is 0 Å². The number of rotatable bonds is 5. The van der Waals surface area contributed by atoms with E-state index in [1.54, 1.807) is 37.4 Å². The highest BCUT2D eigenvalue weighted by Crippen LogP contribution is 2.23. The fourth-order valence-electron chi connectivity index (χ4n) is 2.08. The first-order valence-corrected chi connectivity index (χ1v) is 7.03. The van der Waals surface area contributed by atoms with E-state index >= 15 is 0 Å². The van der Waals surface area contributed by atoms with Crippen LogP contribution in [0.25, 0.3) is 0 Å². The van der Waals surface area contributed by atoms with Gasteiger partial charge in [0, 0.05) is 31.0 Å². The van der Waals surface area contributed by atoms with E-state index in [0.717, 1.165) is 18.7 Å². The summed E-state index contributed by atoms with van der Waals surface area (Å²) in [6, 6.07) is 14.1. The van der Waals surface area contributed by atoms with Crippen LogP contribution in [0.15, 0.2) is 48.5 Å². The molecule has 2 aromatic carbocycles.